The molecule has 0 radical (unpaired) electrons. The van der Waals surface area contributed by atoms with Gasteiger partial charge in [0.25, 0.3) is 0 Å². The van der Waals surface area contributed by atoms with Crippen LogP contribution in [0.4, 0.5) is 0 Å². The van der Waals surface area contributed by atoms with Crippen LogP contribution >= 0.6 is 22.9 Å². The number of ether oxygens (including phenoxy) is 1. The smallest absolute Gasteiger partial charge is 0.348 e. The van der Waals surface area contributed by atoms with E-state index in [1.165, 1.54) is 18.4 Å². The molecule has 0 aliphatic rings. The summed E-state index contributed by atoms with van der Waals surface area (Å²) in [5, 5.41) is 0.687. The van der Waals surface area contributed by atoms with E-state index in [2.05, 4.69) is 6.58 Å². The zero-order valence-corrected chi connectivity index (χ0v) is 11.3. The van der Waals surface area contributed by atoms with Crippen LogP contribution in [0.5, 0.6) is 0 Å². The molecular weight excluding hydrogens is 268 g/mol. The summed E-state index contributed by atoms with van der Waals surface area (Å²) in [5.74, 6) is -0.338. The average Bonchev–Trinajstić information content (AvgIpc) is 2.82. The van der Waals surface area contributed by atoms with Gasteiger partial charge in [-0.15, -0.1) is 11.3 Å². The molecule has 0 amide bonds. The molecule has 0 spiro atoms. The topological polar surface area (TPSA) is 26.3 Å². The standard InChI is InChI=1S/C14H11ClO2S/c1-3-9-8-12(18-13(9)14(16)17-2)10-4-6-11(15)7-5-10/h3-8H,1H2,2H3. The number of hydrogen-bond donors (Lipinski definition) is 0. The molecule has 2 rings (SSSR count). The van der Waals surface area contributed by atoms with Gasteiger partial charge in [-0.2, -0.15) is 0 Å². The van der Waals surface area contributed by atoms with Crippen LogP contribution in [0.2, 0.25) is 5.02 Å². The Hall–Kier alpha value is -1.58. The molecule has 0 N–H and O–H groups in total. The summed E-state index contributed by atoms with van der Waals surface area (Å²) in [5.41, 5.74) is 1.81. The Labute approximate surface area is 114 Å². The maximum absolute atomic E-state index is 11.6. The van der Waals surface area contributed by atoms with Gasteiger partial charge in [0.05, 0.1) is 7.11 Å². The van der Waals surface area contributed by atoms with Crippen molar-refractivity contribution in [3.8, 4) is 10.4 Å². The predicted molar refractivity (Wildman–Crippen MR) is 76.2 cm³/mol. The molecule has 0 bridgehead atoms. The zero-order chi connectivity index (χ0) is 13.1. The van der Waals surface area contributed by atoms with E-state index in [1.807, 2.05) is 30.3 Å². The summed E-state index contributed by atoms with van der Waals surface area (Å²) < 4.78 is 4.75. The van der Waals surface area contributed by atoms with Crippen LogP contribution < -0.4 is 0 Å². The largest absolute Gasteiger partial charge is 0.465 e. The maximum Gasteiger partial charge on any atom is 0.348 e. The second-order valence-corrected chi connectivity index (χ2v) is 5.09. The fourth-order valence-electron chi connectivity index (χ4n) is 1.57. The molecule has 0 saturated carbocycles. The summed E-state index contributed by atoms with van der Waals surface area (Å²) in [4.78, 5) is 13.2. The Bertz CT molecular complexity index is 584. The van der Waals surface area contributed by atoms with Crippen molar-refractivity contribution in [2.45, 2.75) is 0 Å². The maximum atomic E-state index is 11.6. The molecule has 1 aromatic heterocycles. The average molecular weight is 279 g/mol. The molecule has 0 saturated heterocycles. The number of benzene rings is 1. The van der Waals surface area contributed by atoms with Crippen LogP contribution in [0.15, 0.2) is 36.9 Å². The van der Waals surface area contributed by atoms with Crippen LogP contribution in [-0.4, -0.2) is 13.1 Å². The van der Waals surface area contributed by atoms with E-state index in [4.69, 9.17) is 16.3 Å². The zero-order valence-electron chi connectivity index (χ0n) is 9.77. The minimum atomic E-state index is -0.338. The van der Waals surface area contributed by atoms with Crippen LogP contribution in [0.25, 0.3) is 16.5 Å². The van der Waals surface area contributed by atoms with E-state index in [9.17, 15) is 4.79 Å². The van der Waals surface area contributed by atoms with E-state index < -0.39 is 0 Å². The molecule has 1 heterocycles. The molecular formula is C14H11ClO2S. The first-order chi connectivity index (χ1) is 8.65. The Morgan fingerprint density at radius 2 is 2.06 bits per heavy atom. The number of carbonyl (C=O) groups excluding carboxylic acids is 1. The normalized spacial score (nSPS) is 10.1. The highest BCUT2D eigenvalue weighted by molar-refractivity contribution is 7.17. The number of rotatable bonds is 3. The number of carbonyl (C=O) groups is 1. The quantitative estimate of drug-likeness (QED) is 0.773. The van der Waals surface area contributed by atoms with Crippen molar-refractivity contribution in [3.63, 3.8) is 0 Å². The third-order valence-corrected chi connectivity index (χ3v) is 3.91. The van der Waals surface area contributed by atoms with Crippen molar-refractivity contribution >= 4 is 35.0 Å². The van der Waals surface area contributed by atoms with Crippen molar-refractivity contribution in [1.82, 2.24) is 0 Å². The second kappa shape index (κ2) is 5.38. The van der Waals surface area contributed by atoms with Gasteiger partial charge in [0.2, 0.25) is 0 Å². The highest BCUT2D eigenvalue weighted by atomic mass is 35.5. The summed E-state index contributed by atoms with van der Waals surface area (Å²) in [6.45, 7) is 3.71. The lowest BCUT2D eigenvalue weighted by Gasteiger charge is -1.97. The number of esters is 1. The minimum absolute atomic E-state index is 0.338. The van der Waals surface area contributed by atoms with Crippen LogP contribution in [0.1, 0.15) is 15.2 Å². The third-order valence-electron chi connectivity index (χ3n) is 2.48. The molecule has 2 aromatic rings. The molecule has 0 fully saturated rings. The van der Waals surface area contributed by atoms with E-state index in [1.54, 1.807) is 6.08 Å². The lowest BCUT2D eigenvalue weighted by atomic mass is 10.1. The van der Waals surface area contributed by atoms with E-state index in [0.29, 0.717) is 9.90 Å². The molecule has 18 heavy (non-hydrogen) atoms. The van der Waals surface area contributed by atoms with E-state index in [-0.39, 0.29) is 5.97 Å². The number of hydrogen-bond acceptors (Lipinski definition) is 3. The number of halogens is 1. The van der Waals surface area contributed by atoms with Gasteiger partial charge in [0, 0.05) is 9.90 Å². The predicted octanol–water partition coefficient (Wildman–Crippen LogP) is 4.50. The Balaban J connectivity index is 2.47. The monoisotopic (exact) mass is 278 g/mol. The first-order valence-electron chi connectivity index (χ1n) is 5.26. The highest BCUT2D eigenvalue weighted by Crippen LogP contribution is 2.33. The van der Waals surface area contributed by atoms with E-state index in [0.717, 1.165) is 16.0 Å². The lowest BCUT2D eigenvalue weighted by molar-refractivity contribution is 0.0606. The van der Waals surface area contributed by atoms with Crippen LogP contribution in [0, 0.1) is 0 Å². The number of methoxy groups -OCH3 is 1. The van der Waals surface area contributed by atoms with Gasteiger partial charge < -0.3 is 4.74 Å². The fraction of sp³-hybridized carbons (Fsp3) is 0.0714. The van der Waals surface area contributed by atoms with Gasteiger partial charge in [-0.3, -0.25) is 0 Å². The summed E-state index contributed by atoms with van der Waals surface area (Å²) in [7, 11) is 1.37. The molecule has 0 atom stereocenters. The third kappa shape index (κ3) is 2.47. The van der Waals surface area contributed by atoms with Gasteiger partial charge >= 0.3 is 5.97 Å². The van der Waals surface area contributed by atoms with Crippen molar-refractivity contribution in [1.29, 1.82) is 0 Å². The summed E-state index contributed by atoms with van der Waals surface area (Å²) in [6.07, 6.45) is 1.65. The van der Waals surface area contributed by atoms with Crippen LogP contribution in [-0.2, 0) is 4.74 Å². The van der Waals surface area contributed by atoms with Crippen molar-refractivity contribution in [3.05, 3.63) is 52.4 Å². The summed E-state index contributed by atoms with van der Waals surface area (Å²) in [6, 6.07) is 9.40. The van der Waals surface area contributed by atoms with Crippen LogP contribution in [0.3, 0.4) is 0 Å². The van der Waals surface area contributed by atoms with Gasteiger partial charge in [0.1, 0.15) is 4.88 Å². The molecule has 4 heteroatoms. The van der Waals surface area contributed by atoms with Crippen molar-refractivity contribution < 1.29 is 9.53 Å². The van der Waals surface area contributed by atoms with Gasteiger partial charge in [-0.05, 0) is 29.3 Å². The molecule has 0 aliphatic heterocycles. The minimum Gasteiger partial charge on any atom is -0.465 e. The highest BCUT2D eigenvalue weighted by Gasteiger charge is 2.15. The summed E-state index contributed by atoms with van der Waals surface area (Å²) >= 11 is 7.24. The molecule has 92 valence electrons. The first-order valence-corrected chi connectivity index (χ1v) is 6.45. The lowest BCUT2D eigenvalue weighted by Crippen LogP contribution is -1.99. The molecule has 0 aliphatic carbocycles. The fourth-order valence-corrected chi connectivity index (χ4v) is 2.78. The Morgan fingerprint density at radius 1 is 1.39 bits per heavy atom. The van der Waals surface area contributed by atoms with Gasteiger partial charge in [-0.1, -0.05) is 36.4 Å². The van der Waals surface area contributed by atoms with Gasteiger partial charge in [-0.25, -0.2) is 4.79 Å². The van der Waals surface area contributed by atoms with Gasteiger partial charge in [0.15, 0.2) is 0 Å². The molecule has 0 unspecified atom stereocenters. The number of thiophene rings is 1. The van der Waals surface area contributed by atoms with Crippen molar-refractivity contribution in [2.24, 2.45) is 0 Å². The first kappa shape index (κ1) is 12.9. The Morgan fingerprint density at radius 3 is 2.61 bits per heavy atom. The Kier molecular flexibility index (Phi) is 3.84. The second-order valence-electron chi connectivity index (χ2n) is 3.60. The SMILES string of the molecule is C=Cc1cc(-c2ccc(Cl)cc2)sc1C(=O)OC. The van der Waals surface area contributed by atoms with E-state index >= 15 is 0 Å². The molecule has 1 aromatic carbocycles. The van der Waals surface area contributed by atoms with Crippen molar-refractivity contribution in [2.75, 3.05) is 7.11 Å². The molecule has 2 nitrogen and oxygen atoms in total.